The van der Waals surface area contributed by atoms with Crippen LogP contribution in [0.25, 0.3) is 0 Å². The number of aliphatic hydroxyl groups excluding tert-OH is 2. The van der Waals surface area contributed by atoms with Crippen LogP contribution in [0.4, 0.5) is 0 Å². The zero-order chi connectivity index (χ0) is 26.4. The summed E-state index contributed by atoms with van der Waals surface area (Å²) in [6.07, 6.45) is -0.0729. The van der Waals surface area contributed by atoms with Crippen LogP contribution < -0.4 is 20.7 Å². The fraction of sp³-hybridized carbons (Fsp3) is 0.500. The molecule has 1 amide bonds. The molecule has 2 aromatic carbocycles. The van der Waals surface area contributed by atoms with E-state index < -0.39 is 42.0 Å². The third-order valence-electron chi connectivity index (χ3n) is 7.10. The van der Waals surface area contributed by atoms with Crippen LogP contribution in [0.5, 0.6) is 5.75 Å². The van der Waals surface area contributed by atoms with Crippen LogP contribution in [0.15, 0.2) is 54.6 Å². The van der Waals surface area contributed by atoms with E-state index in [0.29, 0.717) is 38.2 Å². The highest BCUT2D eigenvalue weighted by molar-refractivity contribution is 5.94. The van der Waals surface area contributed by atoms with Gasteiger partial charge in [-0.2, -0.15) is 0 Å². The molecule has 0 aliphatic carbocycles. The van der Waals surface area contributed by atoms with Crippen LogP contribution in [0.1, 0.15) is 30.9 Å². The topological polar surface area (TPSA) is 132 Å². The van der Waals surface area contributed by atoms with Crippen molar-refractivity contribution in [3.05, 3.63) is 65.7 Å². The van der Waals surface area contributed by atoms with Crippen molar-refractivity contribution in [3.63, 3.8) is 0 Å². The molecule has 2 aromatic rings. The second-order valence-electron chi connectivity index (χ2n) is 10.0. The Morgan fingerprint density at radius 2 is 1.81 bits per heavy atom. The molecule has 4 rings (SSSR count). The van der Waals surface area contributed by atoms with Crippen LogP contribution >= 0.6 is 0 Å². The van der Waals surface area contributed by atoms with Gasteiger partial charge in [0.25, 0.3) is 0 Å². The number of Topliss-reactive ketones (excluding diaryl/α,β-unsaturated/α-hetero) is 1. The van der Waals surface area contributed by atoms with E-state index in [1.807, 2.05) is 54.6 Å². The quantitative estimate of drug-likeness (QED) is 0.208. The Morgan fingerprint density at radius 1 is 1.14 bits per heavy atom. The van der Waals surface area contributed by atoms with E-state index >= 15 is 0 Å². The Hall–Kier alpha value is -2.82. The first-order chi connectivity index (χ1) is 17.8. The summed E-state index contributed by atoms with van der Waals surface area (Å²) in [6.45, 7) is 2.71. The lowest BCUT2D eigenvalue weighted by Gasteiger charge is -2.33. The summed E-state index contributed by atoms with van der Waals surface area (Å²) in [5, 5.41) is 30.7. The first-order valence-electron chi connectivity index (χ1n) is 12.8. The molecule has 2 fully saturated rings. The Balaban J connectivity index is 1.53. The molecule has 0 spiro atoms. The third-order valence-corrected chi connectivity index (χ3v) is 7.10. The maximum atomic E-state index is 13.3. The number of hydrogen-bond acceptors (Lipinski definition) is 8. The van der Waals surface area contributed by atoms with Crippen molar-refractivity contribution < 1.29 is 29.3 Å². The van der Waals surface area contributed by atoms with Gasteiger partial charge in [-0.1, -0.05) is 42.5 Å². The number of aliphatic hydroxyl groups is 2. The highest BCUT2D eigenvalue weighted by Gasteiger charge is 2.50. The number of rotatable bonds is 12. The number of methoxy groups -OCH3 is 1. The number of benzene rings is 2. The average Bonchev–Trinajstić information content (AvgIpc) is 3.67. The minimum Gasteiger partial charge on any atom is -0.497 e. The van der Waals surface area contributed by atoms with Gasteiger partial charge in [-0.25, -0.2) is 0 Å². The van der Waals surface area contributed by atoms with Crippen LogP contribution in [0, 0.1) is 0 Å². The molecule has 0 aromatic heterocycles. The fourth-order valence-corrected chi connectivity index (χ4v) is 4.69. The van der Waals surface area contributed by atoms with Crippen molar-refractivity contribution in [1.29, 1.82) is 0 Å². The summed E-state index contributed by atoms with van der Waals surface area (Å²) in [5.41, 5.74) is 0.930. The lowest BCUT2D eigenvalue weighted by atomic mass is 9.94. The molecular formula is C28H37N3O6. The minimum absolute atomic E-state index is 0.144. The summed E-state index contributed by atoms with van der Waals surface area (Å²) in [4.78, 5) is 26.4. The number of epoxide rings is 1. The van der Waals surface area contributed by atoms with Crippen molar-refractivity contribution in [1.82, 2.24) is 16.0 Å². The highest BCUT2D eigenvalue weighted by Crippen LogP contribution is 2.29. The second kappa shape index (κ2) is 12.1. The minimum atomic E-state index is -1.24. The van der Waals surface area contributed by atoms with Crippen molar-refractivity contribution in [2.45, 2.75) is 68.7 Å². The van der Waals surface area contributed by atoms with Gasteiger partial charge in [0, 0.05) is 0 Å². The van der Waals surface area contributed by atoms with E-state index in [0.717, 1.165) is 17.5 Å². The Labute approximate surface area is 217 Å². The van der Waals surface area contributed by atoms with E-state index in [2.05, 4.69) is 16.0 Å². The molecule has 0 bridgehead atoms. The fourth-order valence-electron chi connectivity index (χ4n) is 4.69. The van der Waals surface area contributed by atoms with Gasteiger partial charge in [-0.15, -0.1) is 0 Å². The highest BCUT2D eigenvalue weighted by atomic mass is 16.6. The number of carbonyl (C=O) groups excluding carboxylic acids is 2. The van der Waals surface area contributed by atoms with Crippen LogP contribution in [-0.4, -0.2) is 78.2 Å². The first kappa shape index (κ1) is 27.2. The molecule has 0 saturated carbocycles. The summed E-state index contributed by atoms with van der Waals surface area (Å²) in [7, 11) is 1.59. The largest absolute Gasteiger partial charge is 0.497 e. The van der Waals surface area contributed by atoms with Crippen LogP contribution in [-0.2, 0) is 27.2 Å². The standard InChI is InChI=1S/C28H37N3O6/c1-28(17-37-28)25(33)21(15-18-7-4-3-5-8-18)30-26(34)22(16-19-10-12-20(36-2)13-11-19)31-27(35)24-23(32)9-6-14-29-24/h3-5,7-8,10-13,21-24,26,29-30,32,34H,6,9,14-17H2,1-2H3,(H,31,35)/t21-,22-,23-,24+,26?,28+/m0/s1. The molecule has 1 unspecified atom stereocenters. The van der Waals surface area contributed by atoms with Crippen LogP contribution in [0.3, 0.4) is 0 Å². The van der Waals surface area contributed by atoms with E-state index in [-0.39, 0.29) is 5.78 Å². The van der Waals surface area contributed by atoms with Gasteiger partial charge >= 0.3 is 0 Å². The van der Waals surface area contributed by atoms with Gasteiger partial charge < -0.3 is 30.3 Å². The molecular weight excluding hydrogens is 474 g/mol. The molecule has 0 radical (unpaired) electrons. The predicted molar refractivity (Wildman–Crippen MR) is 138 cm³/mol. The van der Waals surface area contributed by atoms with Crippen LogP contribution in [0.2, 0.25) is 0 Å². The predicted octanol–water partition coefficient (Wildman–Crippen LogP) is 0.713. The Kier molecular flexibility index (Phi) is 8.94. The normalized spacial score (nSPS) is 25.5. The summed E-state index contributed by atoms with van der Waals surface area (Å²) in [6, 6.07) is 14.7. The van der Waals surface area contributed by atoms with Gasteiger partial charge in [0.15, 0.2) is 5.78 Å². The van der Waals surface area contributed by atoms with Gasteiger partial charge in [0.2, 0.25) is 5.91 Å². The molecule has 5 N–H and O–H groups in total. The molecule has 9 nitrogen and oxygen atoms in total. The molecule has 2 aliphatic rings. The lowest BCUT2D eigenvalue weighted by Crippen LogP contribution is -2.61. The zero-order valence-corrected chi connectivity index (χ0v) is 21.4. The average molecular weight is 512 g/mol. The van der Waals surface area contributed by atoms with Gasteiger partial charge in [0.05, 0.1) is 31.9 Å². The Bertz CT molecular complexity index is 1040. The summed E-state index contributed by atoms with van der Waals surface area (Å²) >= 11 is 0. The maximum Gasteiger partial charge on any atom is 0.240 e. The molecule has 2 saturated heterocycles. The molecule has 200 valence electrons. The third kappa shape index (κ3) is 7.15. The molecule has 2 heterocycles. The Morgan fingerprint density at radius 3 is 2.43 bits per heavy atom. The van der Waals surface area contributed by atoms with E-state index in [4.69, 9.17) is 9.47 Å². The van der Waals surface area contributed by atoms with Crippen molar-refractivity contribution in [3.8, 4) is 5.75 Å². The first-order valence-corrected chi connectivity index (χ1v) is 12.8. The number of amides is 1. The van der Waals surface area contributed by atoms with Gasteiger partial charge in [-0.05, 0) is 62.4 Å². The zero-order valence-electron chi connectivity index (χ0n) is 21.4. The van der Waals surface area contributed by atoms with E-state index in [1.54, 1.807) is 14.0 Å². The number of ether oxygens (including phenoxy) is 2. The molecule has 37 heavy (non-hydrogen) atoms. The maximum absolute atomic E-state index is 13.3. The van der Waals surface area contributed by atoms with E-state index in [1.165, 1.54) is 0 Å². The number of nitrogens with one attached hydrogen (secondary N) is 3. The van der Waals surface area contributed by atoms with E-state index in [9.17, 15) is 19.8 Å². The molecule has 9 heteroatoms. The van der Waals surface area contributed by atoms with Gasteiger partial charge in [0.1, 0.15) is 23.6 Å². The summed E-state index contributed by atoms with van der Waals surface area (Å²) < 4.78 is 10.6. The second-order valence-corrected chi connectivity index (χ2v) is 10.0. The monoisotopic (exact) mass is 511 g/mol. The lowest BCUT2D eigenvalue weighted by molar-refractivity contribution is -0.129. The number of piperidine rings is 1. The molecule has 6 atom stereocenters. The molecule has 2 aliphatic heterocycles. The number of hydrogen-bond donors (Lipinski definition) is 5. The van der Waals surface area contributed by atoms with Crippen molar-refractivity contribution in [2.24, 2.45) is 0 Å². The summed E-state index contributed by atoms with van der Waals surface area (Å²) in [5.74, 6) is 0.160. The smallest absolute Gasteiger partial charge is 0.240 e. The SMILES string of the molecule is COc1ccc(C[C@H](NC(=O)[C@@H]2NCCC[C@@H]2O)C(O)N[C@@H](Cc2ccccc2)C(=O)[C@@]2(C)CO2)cc1. The van der Waals surface area contributed by atoms with Crippen molar-refractivity contribution in [2.75, 3.05) is 20.3 Å². The van der Waals surface area contributed by atoms with Crippen molar-refractivity contribution >= 4 is 11.7 Å². The number of ketones is 1. The number of carbonyl (C=O) groups is 2. The van der Waals surface area contributed by atoms with Gasteiger partial charge in [-0.3, -0.25) is 14.9 Å².